The lowest BCUT2D eigenvalue weighted by atomic mass is 10.3. The molecule has 0 unspecified atom stereocenters. The largest absolute Gasteiger partial charge is 0.478 e. The van der Waals surface area contributed by atoms with Crippen LogP contribution in [0.25, 0.3) is 6.08 Å². The van der Waals surface area contributed by atoms with Crippen molar-refractivity contribution >= 4 is 12.0 Å². The molecule has 3 heteroatoms. The molecule has 0 radical (unpaired) electrons. The zero-order chi connectivity index (χ0) is 7.84. The van der Waals surface area contributed by atoms with Crippen LogP contribution in [0.5, 0.6) is 0 Å². The summed E-state index contributed by atoms with van der Waals surface area (Å²) in [7, 11) is 0. The first-order chi connectivity index (χ1) is 5.27. The molecule has 2 rings (SSSR count). The molecular weight excluding hydrogens is 142 g/mol. The number of aromatic carboxylic acids is 1. The van der Waals surface area contributed by atoms with Crippen molar-refractivity contribution in [2.24, 2.45) is 0 Å². The van der Waals surface area contributed by atoms with Crippen molar-refractivity contribution in [3.05, 3.63) is 29.6 Å². The molecule has 0 spiro atoms. The number of rotatable bonds is 1. The average Bonchev–Trinajstić information content (AvgIpc) is 2.40. The van der Waals surface area contributed by atoms with Crippen molar-refractivity contribution in [2.75, 3.05) is 0 Å². The van der Waals surface area contributed by atoms with E-state index in [4.69, 9.17) is 5.11 Å². The first kappa shape index (κ1) is 6.22. The minimum Gasteiger partial charge on any atom is -0.478 e. The van der Waals surface area contributed by atoms with Crippen molar-refractivity contribution in [2.45, 2.75) is 6.54 Å². The van der Waals surface area contributed by atoms with Crippen molar-refractivity contribution in [3.8, 4) is 0 Å². The van der Waals surface area contributed by atoms with Gasteiger partial charge in [-0.05, 0) is 12.1 Å². The first-order valence-corrected chi connectivity index (χ1v) is 3.37. The Labute approximate surface area is 63.6 Å². The van der Waals surface area contributed by atoms with E-state index in [0.717, 1.165) is 12.2 Å². The van der Waals surface area contributed by atoms with Crippen LogP contribution in [0, 0.1) is 0 Å². The van der Waals surface area contributed by atoms with E-state index in [-0.39, 0.29) is 0 Å². The van der Waals surface area contributed by atoms with Gasteiger partial charge in [0.2, 0.25) is 0 Å². The van der Waals surface area contributed by atoms with Crippen LogP contribution < -0.4 is 0 Å². The second kappa shape index (κ2) is 1.99. The highest BCUT2D eigenvalue weighted by Crippen LogP contribution is 2.15. The number of carboxylic acids is 1. The highest BCUT2D eigenvalue weighted by Gasteiger charge is 2.10. The first-order valence-electron chi connectivity index (χ1n) is 3.37. The molecule has 0 bridgehead atoms. The molecule has 0 amide bonds. The Bertz CT molecular complexity index is 336. The van der Waals surface area contributed by atoms with Gasteiger partial charge in [0.1, 0.15) is 0 Å². The normalized spacial score (nSPS) is 13.5. The van der Waals surface area contributed by atoms with E-state index in [0.29, 0.717) is 5.56 Å². The van der Waals surface area contributed by atoms with E-state index in [2.05, 4.69) is 0 Å². The smallest absolute Gasteiger partial charge is 0.337 e. The van der Waals surface area contributed by atoms with Gasteiger partial charge in [-0.25, -0.2) is 4.79 Å². The van der Waals surface area contributed by atoms with Gasteiger partial charge in [0.25, 0.3) is 0 Å². The number of fused-ring (bicyclic) bond motifs is 1. The zero-order valence-electron chi connectivity index (χ0n) is 5.82. The van der Waals surface area contributed by atoms with Gasteiger partial charge in [0.15, 0.2) is 0 Å². The van der Waals surface area contributed by atoms with Gasteiger partial charge < -0.3 is 9.67 Å². The summed E-state index contributed by atoms with van der Waals surface area (Å²) in [6.45, 7) is 0.794. The molecule has 2 heterocycles. The van der Waals surface area contributed by atoms with Gasteiger partial charge in [0, 0.05) is 18.4 Å². The van der Waals surface area contributed by atoms with Gasteiger partial charge in [-0.2, -0.15) is 0 Å². The number of allylic oxidation sites excluding steroid dienone is 1. The van der Waals surface area contributed by atoms with Crippen LogP contribution in [0.2, 0.25) is 0 Å². The highest BCUT2D eigenvalue weighted by atomic mass is 16.4. The van der Waals surface area contributed by atoms with Crippen molar-refractivity contribution in [1.29, 1.82) is 0 Å². The van der Waals surface area contributed by atoms with Gasteiger partial charge in [0.05, 0.1) is 5.56 Å². The summed E-state index contributed by atoms with van der Waals surface area (Å²) in [5, 5.41) is 8.60. The van der Waals surface area contributed by atoms with Crippen molar-refractivity contribution in [1.82, 2.24) is 4.57 Å². The van der Waals surface area contributed by atoms with Gasteiger partial charge in [-0.1, -0.05) is 6.08 Å². The Morgan fingerprint density at radius 1 is 1.64 bits per heavy atom. The average molecular weight is 149 g/mol. The Hall–Kier alpha value is -1.51. The molecule has 0 saturated carbocycles. The number of hydrogen-bond acceptors (Lipinski definition) is 1. The molecular formula is C8H7NO2. The molecule has 0 atom stereocenters. The number of aromatic nitrogens is 1. The molecule has 11 heavy (non-hydrogen) atoms. The molecule has 0 fully saturated rings. The van der Waals surface area contributed by atoms with Gasteiger partial charge in [-0.3, -0.25) is 0 Å². The van der Waals surface area contributed by atoms with Crippen LogP contribution in [0.3, 0.4) is 0 Å². The SMILES string of the molecule is O=C(O)c1cc2n(c1)CC=C2. The van der Waals surface area contributed by atoms with E-state index in [9.17, 15) is 4.79 Å². The minimum atomic E-state index is -0.861. The Morgan fingerprint density at radius 3 is 3.09 bits per heavy atom. The molecule has 0 saturated heterocycles. The summed E-state index contributed by atoms with van der Waals surface area (Å²) in [4.78, 5) is 10.5. The lowest BCUT2D eigenvalue weighted by Gasteiger charge is -1.91. The molecule has 1 aliphatic heterocycles. The number of carboxylic acid groups (broad SMARTS) is 1. The van der Waals surface area contributed by atoms with E-state index in [1.807, 2.05) is 16.7 Å². The van der Waals surface area contributed by atoms with Crippen LogP contribution in [-0.4, -0.2) is 15.6 Å². The molecule has 0 aromatic carbocycles. The molecule has 1 aromatic rings. The van der Waals surface area contributed by atoms with Crippen molar-refractivity contribution in [3.63, 3.8) is 0 Å². The van der Waals surface area contributed by atoms with E-state index < -0.39 is 5.97 Å². The summed E-state index contributed by atoms with van der Waals surface area (Å²) in [5.74, 6) is -0.861. The standard InChI is InChI=1S/C8H7NO2/c10-8(11)6-4-7-2-1-3-9(7)5-6/h1-2,4-5H,3H2,(H,10,11). The summed E-state index contributed by atoms with van der Waals surface area (Å²) >= 11 is 0. The Balaban J connectivity index is 2.49. The van der Waals surface area contributed by atoms with E-state index >= 15 is 0 Å². The maximum atomic E-state index is 10.5. The lowest BCUT2D eigenvalue weighted by Crippen LogP contribution is -1.94. The monoisotopic (exact) mass is 149 g/mol. The molecule has 1 aliphatic rings. The Morgan fingerprint density at radius 2 is 2.45 bits per heavy atom. The zero-order valence-corrected chi connectivity index (χ0v) is 5.82. The minimum absolute atomic E-state index is 0.365. The maximum Gasteiger partial charge on any atom is 0.337 e. The number of hydrogen-bond donors (Lipinski definition) is 1. The highest BCUT2D eigenvalue weighted by molar-refractivity contribution is 5.88. The second-order valence-electron chi connectivity index (χ2n) is 2.51. The lowest BCUT2D eigenvalue weighted by molar-refractivity contribution is 0.0697. The van der Waals surface area contributed by atoms with Gasteiger partial charge in [-0.15, -0.1) is 0 Å². The summed E-state index contributed by atoms with van der Waals surface area (Å²) in [6.07, 6.45) is 5.57. The van der Waals surface area contributed by atoms with Crippen molar-refractivity contribution < 1.29 is 9.90 Å². The van der Waals surface area contributed by atoms with Crippen LogP contribution in [0.1, 0.15) is 16.1 Å². The van der Waals surface area contributed by atoms with Crippen LogP contribution in [-0.2, 0) is 6.54 Å². The summed E-state index contributed by atoms with van der Waals surface area (Å²) in [5.41, 5.74) is 1.34. The second-order valence-corrected chi connectivity index (χ2v) is 2.51. The van der Waals surface area contributed by atoms with E-state index in [1.165, 1.54) is 0 Å². The fourth-order valence-electron chi connectivity index (χ4n) is 1.23. The van der Waals surface area contributed by atoms with Crippen LogP contribution in [0.15, 0.2) is 18.3 Å². The third kappa shape index (κ3) is 0.852. The fourth-order valence-corrected chi connectivity index (χ4v) is 1.23. The number of carbonyl (C=O) groups is 1. The molecule has 1 aromatic heterocycles. The fraction of sp³-hybridized carbons (Fsp3) is 0.125. The maximum absolute atomic E-state index is 10.5. The third-order valence-corrected chi connectivity index (χ3v) is 1.77. The molecule has 3 nitrogen and oxygen atoms in total. The quantitative estimate of drug-likeness (QED) is 0.652. The van der Waals surface area contributed by atoms with Crippen LogP contribution in [0.4, 0.5) is 0 Å². The topological polar surface area (TPSA) is 42.2 Å². The predicted molar refractivity (Wildman–Crippen MR) is 40.4 cm³/mol. The Kier molecular flexibility index (Phi) is 1.12. The molecule has 0 aliphatic carbocycles. The van der Waals surface area contributed by atoms with Gasteiger partial charge >= 0.3 is 5.97 Å². The predicted octanol–water partition coefficient (Wildman–Crippen LogP) is 1.21. The number of nitrogens with zero attached hydrogens (tertiary/aromatic N) is 1. The molecule has 56 valence electrons. The summed E-state index contributed by atoms with van der Waals surface area (Å²) in [6, 6.07) is 1.67. The third-order valence-electron chi connectivity index (χ3n) is 1.77. The van der Waals surface area contributed by atoms with Crippen LogP contribution >= 0.6 is 0 Å². The molecule has 1 N–H and O–H groups in total. The van der Waals surface area contributed by atoms with E-state index in [1.54, 1.807) is 12.3 Å². The summed E-state index contributed by atoms with van der Waals surface area (Å²) < 4.78 is 1.91.